The van der Waals surface area contributed by atoms with Gasteiger partial charge >= 0.3 is 5.97 Å². The lowest BCUT2D eigenvalue weighted by molar-refractivity contribution is -0.133. The van der Waals surface area contributed by atoms with Gasteiger partial charge in [-0.1, -0.05) is 55.5 Å². The third-order valence-corrected chi connectivity index (χ3v) is 5.22. The summed E-state index contributed by atoms with van der Waals surface area (Å²) in [6.07, 6.45) is 0.537. The molecule has 0 spiro atoms. The van der Waals surface area contributed by atoms with Crippen LogP contribution in [0.2, 0.25) is 0 Å². The van der Waals surface area contributed by atoms with Crippen LogP contribution in [0.1, 0.15) is 19.4 Å². The van der Waals surface area contributed by atoms with E-state index in [2.05, 4.69) is 26.0 Å². The zero-order chi connectivity index (χ0) is 20.4. The van der Waals surface area contributed by atoms with E-state index in [0.717, 1.165) is 34.5 Å². The topological polar surface area (TPSA) is 107 Å². The van der Waals surface area contributed by atoms with E-state index in [4.69, 9.17) is 0 Å². The number of allylic oxidation sites excluding steroid dienone is 1. The fourth-order valence-electron chi connectivity index (χ4n) is 3.75. The number of H-pyrrole nitrogens is 1. The number of carbonyl (C=O) groups is 1. The van der Waals surface area contributed by atoms with Gasteiger partial charge in [-0.3, -0.25) is 0 Å². The van der Waals surface area contributed by atoms with E-state index in [1.165, 1.54) is 0 Å². The lowest BCUT2D eigenvalue weighted by Crippen LogP contribution is -2.38. The normalized spacial score (nSPS) is 16.8. The van der Waals surface area contributed by atoms with Crippen molar-refractivity contribution in [2.24, 2.45) is 0 Å². The van der Waals surface area contributed by atoms with Gasteiger partial charge in [0, 0.05) is 24.2 Å². The SMILES string of the molecule is CCN1NC(Cc2ccc(-c3ccccc3-c3nn[nH]n3)cc2)=C(C(=O)O)C1C. The van der Waals surface area contributed by atoms with E-state index in [1.807, 2.05) is 67.4 Å². The van der Waals surface area contributed by atoms with E-state index in [9.17, 15) is 9.90 Å². The van der Waals surface area contributed by atoms with Crippen LogP contribution in [0.4, 0.5) is 0 Å². The molecule has 8 nitrogen and oxygen atoms in total. The number of tetrazole rings is 1. The maximum absolute atomic E-state index is 11.7. The predicted molar refractivity (Wildman–Crippen MR) is 108 cm³/mol. The Kier molecular flexibility index (Phi) is 5.09. The Balaban J connectivity index is 1.61. The molecule has 3 N–H and O–H groups in total. The molecular formula is C21H22N6O2. The van der Waals surface area contributed by atoms with E-state index < -0.39 is 5.97 Å². The Morgan fingerprint density at radius 2 is 1.86 bits per heavy atom. The number of benzene rings is 2. The van der Waals surface area contributed by atoms with E-state index in [-0.39, 0.29) is 6.04 Å². The first-order valence-electron chi connectivity index (χ1n) is 9.50. The van der Waals surface area contributed by atoms with Gasteiger partial charge in [0.05, 0.1) is 11.6 Å². The summed E-state index contributed by atoms with van der Waals surface area (Å²) in [6.45, 7) is 4.64. The first kappa shape index (κ1) is 18.8. The number of hydrogen-bond donors (Lipinski definition) is 3. The number of carboxylic acid groups (broad SMARTS) is 1. The van der Waals surface area contributed by atoms with Crippen molar-refractivity contribution in [3.05, 3.63) is 65.4 Å². The van der Waals surface area contributed by atoms with Gasteiger partial charge in [-0.15, -0.1) is 10.2 Å². The number of aromatic amines is 1. The standard InChI is InChI=1S/C21H22N6O2/c1-3-27-13(2)19(21(28)29)18(24-27)12-14-8-10-15(11-9-14)16-6-4-5-7-17(16)20-22-25-26-23-20/h4-11,13,24H,3,12H2,1-2H3,(H,28,29)(H,22,23,25,26). The molecule has 0 amide bonds. The minimum Gasteiger partial charge on any atom is -0.478 e. The van der Waals surface area contributed by atoms with Crippen molar-refractivity contribution in [1.29, 1.82) is 0 Å². The molecular weight excluding hydrogens is 368 g/mol. The molecule has 4 rings (SSSR count). The van der Waals surface area contributed by atoms with Crippen molar-refractivity contribution < 1.29 is 9.90 Å². The minimum absolute atomic E-state index is 0.159. The molecule has 148 valence electrons. The average molecular weight is 390 g/mol. The number of rotatable bonds is 6. The predicted octanol–water partition coefficient (Wildman–Crippen LogP) is 2.64. The summed E-state index contributed by atoms with van der Waals surface area (Å²) in [4.78, 5) is 11.7. The maximum atomic E-state index is 11.7. The molecule has 1 aliphatic rings. The molecule has 0 saturated heterocycles. The molecule has 2 aromatic carbocycles. The van der Waals surface area contributed by atoms with Crippen LogP contribution >= 0.6 is 0 Å². The average Bonchev–Trinajstić information content (AvgIpc) is 3.36. The van der Waals surface area contributed by atoms with Crippen LogP contribution in [0, 0.1) is 0 Å². The lowest BCUT2D eigenvalue weighted by Gasteiger charge is -2.20. The van der Waals surface area contributed by atoms with Gasteiger partial charge in [0.1, 0.15) is 0 Å². The number of aromatic nitrogens is 4. The van der Waals surface area contributed by atoms with E-state index >= 15 is 0 Å². The lowest BCUT2D eigenvalue weighted by atomic mass is 9.97. The van der Waals surface area contributed by atoms with Gasteiger partial charge in [-0.25, -0.2) is 9.80 Å². The number of nitrogens with zero attached hydrogens (tertiary/aromatic N) is 4. The molecule has 29 heavy (non-hydrogen) atoms. The second-order valence-corrected chi connectivity index (χ2v) is 6.93. The van der Waals surface area contributed by atoms with Gasteiger partial charge in [0.25, 0.3) is 0 Å². The highest BCUT2D eigenvalue weighted by Crippen LogP contribution is 2.30. The van der Waals surface area contributed by atoms with Gasteiger partial charge < -0.3 is 10.5 Å². The molecule has 1 aromatic heterocycles. The summed E-state index contributed by atoms with van der Waals surface area (Å²) < 4.78 is 0. The number of hydrogen-bond acceptors (Lipinski definition) is 6. The monoisotopic (exact) mass is 390 g/mol. The molecule has 2 heterocycles. The Morgan fingerprint density at radius 1 is 1.14 bits per heavy atom. The second-order valence-electron chi connectivity index (χ2n) is 6.93. The highest BCUT2D eigenvalue weighted by atomic mass is 16.4. The second kappa shape index (κ2) is 7.84. The van der Waals surface area contributed by atoms with Crippen molar-refractivity contribution in [3.8, 4) is 22.5 Å². The van der Waals surface area contributed by atoms with E-state index in [1.54, 1.807) is 0 Å². The molecule has 1 atom stereocenters. The minimum atomic E-state index is -0.874. The Hall–Kier alpha value is -3.52. The van der Waals surface area contributed by atoms with Crippen LogP contribution in [0.3, 0.4) is 0 Å². The number of hydrazine groups is 1. The number of aliphatic carboxylic acids is 1. The van der Waals surface area contributed by atoms with Crippen molar-refractivity contribution >= 4 is 5.97 Å². The van der Waals surface area contributed by atoms with Crippen LogP contribution in [-0.4, -0.2) is 49.3 Å². The van der Waals surface area contributed by atoms with Gasteiger partial charge in [0.2, 0.25) is 5.82 Å². The fourth-order valence-corrected chi connectivity index (χ4v) is 3.75. The van der Waals surface area contributed by atoms with Gasteiger partial charge in [-0.2, -0.15) is 5.21 Å². The van der Waals surface area contributed by atoms with Crippen LogP contribution in [0.15, 0.2) is 59.8 Å². The smallest absolute Gasteiger partial charge is 0.335 e. The summed E-state index contributed by atoms with van der Waals surface area (Å²) >= 11 is 0. The van der Waals surface area contributed by atoms with Crippen LogP contribution in [0.25, 0.3) is 22.5 Å². The van der Waals surface area contributed by atoms with Crippen molar-refractivity contribution in [2.45, 2.75) is 26.3 Å². The number of likely N-dealkylation sites (N-methyl/N-ethyl adjacent to an activating group) is 1. The van der Waals surface area contributed by atoms with Crippen LogP contribution in [0.5, 0.6) is 0 Å². The molecule has 0 saturated carbocycles. The van der Waals surface area contributed by atoms with Crippen LogP contribution < -0.4 is 5.43 Å². The molecule has 0 radical (unpaired) electrons. The maximum Gasteiger partial charge on any atom is 0.335 e. The number of nitrogens with one attached hydrogen (secondary N) is 2. The van der Waals surface area contributed by atoms with Crippen molar-refractivity contribution in [1.82, 2.24) is 31.1 Å². The highest BCUT2D eigenvalue weighted by molar-refractivity contribution is 5.89. The van der Waals surface area contributed by atoms with Gasteiger partial charge in [-0.05, 0) is 28.8 Å². The summed E-state index contributed by atoms with van der Waals surface area (Å²) in [6, 6.07) is 15.8. The third-order valence-electron chi connectivity index (χ3n) is 5.22. The summed E-state index contributed by atoms with van der Waals surface area (Å²) in [5.41, 5.74) is 8.40. The Bertz CT molecular complexity index is 1040. The van der Waals surface area contributed by atoms with Crippen molar-refractivity contribution in [3.63, 3.8) is 0 Å². The number of carboxylic acids is 1. The largest absolute Gasteiger partial charge is 0.478 e. The first-order valence-corrected chi connectivity index (χ1v) is 9.50. The summed E-state index contributed by atoms with van der Waals surface area (Å²) in [7, 11) is 0. The van der Waals surface area contributed by atoms with Gasteiger partial charge in [0.15, 0.2) is 0 Å². The Morgan fingerprint density at radius 3 is 2.48 bits per heavy atom. The van der Waals surface area contributed by atoms with Crippen LogP contribution in [-0.2, 0) is 11.2 Å². The summed E-state index contributed by atoms with van der Waals surface area (Å²) in [5, 5.41) is 25.9. The molecule has 3 aromatic rings. The molecule has 1 aliphatic heterocycles. The fraction of sp³-hybridized carbons (Fsp3) is 0.238. The molecule has 8 heteroatoms. The third kappa shape index (κ3) is 3.62. The zero-order valence-electron chi connectivity index (χ0n) is 16.3. The van der Waals surface area contributed by atoms with E-state index in [0.29, 0.717) is 17.8 Å². The molecule has 0 bridgehead atoms. The Labute approximate surface area is 168 Å². The molecule has 0 aliphatic carbocycles. The van der Waals surface area contributed by atoms with Crippen molar-refractivity contribution in [2.75, 3.05) is 6.54 Å². The summed E-state index contributed by atoms with van der Waals surface area (Å²) in [5.74, 6) is -0.327. The first-order chi connectivity index (χ1) is 14.1. The molecule has 0 fully saturated rings. The zero-order valence-corrected chi connectivity index (χ0v) is 16.3. The molecule has 1 unspecified atom stereocenters. The highest BCUT2D eigenvalue weighted by Gasteiger charge is 2.32. The quantitative estimate of drug-likeness (QED) is 0.594.